The van der Waals surface area contributed by atoms with E-state index >= 15 is 0 Å². The molecule has 0 aromatic rings. The first-order valence-corrected chi connectivity index (χ1v) is 4.91. The Hall–Kier alpha value is -0.360. The van der Waals surface area contributed by atoms with Gasteiger partial charge in [0.15, 0.2) is 0 Å². The van der Waals surface area contributed by atoms with Gasteiger partial charge in [-0.05, 0) is 15.9 Å². The zero-order valence-corrected chi connectivity index (χ0v) is 8.68. The molecule has 0 aromatic carbocycles. The maximum absolute atomic E-state index is 10.9. The Morgan fingerprint density at radius 2 is 2.09 bits per heavy atom. The van der Waals surface area contributed by atoms with Crippen molar-refractivity contribution < 1.29 is 8.42 Å². The summed E-state index contributed by atoms with van der Waals surface area (Å²) < 4.78 is 24.9. The van der Waals surface area contributed by atoms with Gasteiger partial charge in [-0.3, -0.25) is 0 Å². The molecule has 0 aliphatic carbocycles. The fraction of sp³-hybridized carbons (Fsp3) is 0.400. The largest absolute Gasteiger partial charge is 0.368 e. The summed E-state index contributed by atoms with van der Waals surface area (Å²) in [4.78, 5) is 1.52. The van der Waals surface area contributed by atoms with E-state index in [-0.39, 0.29) is 3.81 Å². The number of hydrogen-bond donors (Lipinski definition) is 0. The van der Waals surface area contributed by atoms with Crippen LogP contribution in [0.5, 0.6) is 0 Å². The van der Waals surface area contributed by atoms with Crippen LogP contribution in [0, 0.1) is 0 Å². The van der Waals surface area contributed by atoms with Gasteiger partial charge in [0.1, 0.15) is 10.2 Å². The van der Waals surface area contributed by atoms with Crippen molar-refractivity contribution >= 4 is 32.3 Å². The highest BCUT2D eigenvalue weighted by molar-refractivity contribution is 9.13. The van der Waals surface area contributed by atoms with Gasteiger partial charge in [0.25, 0.3) is 10.0 Å². The summed E-state index contributed by atoms with van der Waals surface area (Å²) in [6, 6.07) is 0. The smallest absolute Gasteiger partial charge is 0.289 e. The Balaban J connectivity index is 4.51. The van der Waals surface area contributed by atoms with Crippen LogP contribution in [0.1, 0.15) is 0 Å². The fourth-order valence-electron chi connectivity index (χ4n) is 0.214. The first kappa shape index (κ1) is 10.6. The van der Waals surface area contributed by atoms with Crippen LogP contribution in [0.3, 0.4) is 0 Å². The number of halogens is 1. The number of rotatable bonds is 3. The maximum atomic E-state index is 10.9. The summed E-state index contributed by atoms with van der Waals surface area (Å²) in [5, 5.41) is 0. The lowest BCUT2D eigenvalue weighted by Gasteiger charge is -2.01. The Morgan fingerprint density at radius 1 is 1.64 bits per heavy atom. The molecule has 0 saturated heterocycles. The lowest BCUT2D eigenvalue weighted by Crippen LogP contribution is -2.09. The molecule has 0 amide bonds. The Bertz CT molecular complexity index is 268. The fourth-order valence-corrected chi connectivity index (χ4v) is 0.891. The van der Waals surface area contributed by atoms with Crippen molar-refractivity contribution in [2.24, 2.45) is 4.40 Å². The van der Waals surface area contributed by atoms with Gasteiger partial charge in [0, 0.05) is 14.1 Å². The minimum atomic E-state index is -3.54. The molecule has 0 heterocycles. The molecule has 0 fully saturated rings. The van der Waals surface area contributed by atoms with Crippen LogP contribution >= 0.6 is 15.9 Å². The summed E-state index contributed by atoms with van der Waals surface area (Å²) in [6.45, 7) is 3.20. The second kappa shape index (κ2) is 3.87. The van der Waals surface area contributed by atoms with Gasteiger partial charge in [-0.2, -0.15) is 8.42 Å². The maximum Gasteiger partial charge on any atom is 0.289 e. The zero-order valence-electron chi connectivity index (χ0n) is 6.28. The van der Waals surface area contributed by atoms with Crippen molar-refractivity contribution in [3.8, 4) is 0 Å². The highest BCUT2D eigenvalue weighted by atomic mass is 79.9. The lowest BCUT2D eigenvalue weighted by molar-refractivity contribution is 0.602. The highest BCUT2D eigenvalue weighted by Gasteiger charge is 2.08. The van der Waals surface area contributed by atoms with E-state index in [2.05, 4.69) is 26.9 Å². The van der Waals surface area contributed by atoms with Gasteiger partial charge in [-0.1, -0.05) is 6.58 Å². The van der Waals surface area contributed by atoms with Crippen molar-refractivity contribution in [3.63, 3.8) is 0 Å². The molecular formula is C5H9BrN2O2S. The van der Waals surface area contributed by atoms with Crippen molar-refractivity contribution in [3.05, 3.63) is 10.4 Å². The van der Waals surface area contributed by atoms with Gasteiger partial charge in [-0.15, -0.1) is 4.40 Å². The molecule has 0 unspecified atom stereocenters. The molecular weight excluding hydrogens is 232 g/mol. The van der Waals surface area contributed by atoms with E-state index in [1.54, 1.807) is 14.1 Å². The Morgan fingerprint density at radius 3 is 2.36 bits per heavy atom. The predicted octanol–water partition coefficient (Wildman–Crippen LogP) is 0.772. The monoisotopic (exact) mass is 240 g/mol. The molecule has 64 valence electrons. The molecule has 0 atom stereocenters. The average molecular weight is 241 g/mol. The Kier molecular flexibility index (Phi) is 3.74. The van der Waals surface area contributed by atoms with Gasteiger partial charge >= 0.3 is 0 Å². The van der Waals surface area contributed by atoms with E-state index in [9.17, 15) is 8.42 Å². The van der Waals surface area contributed by atoms with Crippen molar-refractivity contribution in [1.82, 2.24) is 4.90 Å². The minimum Gasteiger partial charge on any atom is -0.368 e. The highest BCUT2D eigenvalue weighted by Crippen LogP contribution is 2.12. The standard InChI is InChI=1S/C5H9BrN2O2S/c1-5(6)11(9,10)7-4-8(2)3/h4H,1H2,2-3H3/b7-4+. The first-order valence-electron chi connectivity index (χ1n) is 2.67. The molecule has 0 radical (unpaired) electrons. The molecule has 0 saturated carbocycles. The van der Waals surface area contributed by atoms with E-state index in [1.807, 2.05) is 0 Å². The molecule has 0 aliphatic rings. The third-order valence-corrected chi connectivity index (χ3v) is 2.86. The van der Waals surface area contributed by atoms with Crippen molar-refractivity contribution in [1.29, 1.82) is 0 Å². The van der Waals surface area contributed by atoms with Crippen LogP contribution in [0.4, 0.5) is 0 Å². The summed E-state index contributed by atoms with van der Waals surface area (Å²) in [7, 11) is -0.190. The molecule has 0 aliphatic heterocycles. The third-order valence-electron chi connectivity index (χ3n) is 0.697. The van der Waals surface area contributed by atoms with Crippen molar-refractivity contribution in [2.45, 2.75) is 0 Å². The number of sulfonamides is 1. The average Bonchev–Trinajstić information content (AvgIpc) is 1.84. The SMILES string of the molecule is C=C(Br)S(=O)(=O)/N=C/N(C)C. The van der Waals surface area contributed by atoms with E-state index < -0.39 is 10.0 Å². The molecule has 0 bridgehead atoms. The first-order chi connectivity index (χ1) is 4.86. The summed E-state index contributed by atoms with van der Waals surface area (Å²) in [5.74, 6) is 0. The minimum absolute atomic E-state index is 0.136. The summed E-state index contributed by atoms with van der Waals surface area (Å²) in [5.41, 5.74) is 0. The second-order valence-electron chi connectivity index (χ2n) is 2.01. The number of hydrogen-bond acceptors (Lipinski definition) is 2. The molecule has 0 N–H and O–H groups in total. The van der Waals surface area contributed by atoms with Crippen LogP contribution in [0.2, 0.25) is 0 Å². The van der Waals surface area contributed by atoms with E-state index in [4.69, 9.17) is 0 Å². The topological polar surface area (TPSA) is 49.7 Å². The van der Waals surface area contributed by atoms with Crippen LogP contribution in [0.25, 0.3) is 0 Å². The molecule has 6 heteroatoms. The van der Waals surface area contributed by atoms with Gasteiger partial charge in [0.05, 0.1) is 0 Å². The van der Waals surface area contributed by atoms with E-state index in [0.717, 1.165) is 0 Å². The molecule has 0 spiro atoms. The normalized spacial score (nSPS) is 11.9. The summed E-state index contributed by atoms with van der Waals surface area (Å²) >= 11 is 2.73. The zero-order chi connectivity index (χ0) is 9.07. The second-order valence-corrected chi connectivity index (χ2v) is 5.15. The predicted molar refractivity (Wildman–Crippen MR) is 49.2 cm³/mol. The van der Waals surface area contributed by atoms with Crippen LogP contribution < -0.4 is 0 Å². The third kappa shape index (κ3) is 4.15. The van der Waals surface area contributed by atoms with Gasteiger partial charge < -0.3 is 4.90 Å². The molecule has 0 aromatic heterocycles. The van der Waals surface area contributed by atoms with Crippen LogP contribution in [-0.4, -0.2) is 33.8 Å². The van der Waals surface area contributed by atoms with E-state index in [1.165, 1.54) is 11.2 Å². The lowest BCUT2D eigenvalue weighted by atomic mass is 11.0. The summed E-state index contributed by atoms with van der Waals surface area (Å²) in [6.07, 6.45) is 1.20. The molecule has 4 nitrogen and oxygen atoms in total. The number of nitrogens with zero attached hydrogens (tertiary/aromatic N) is 2. The van der Waals surface area contributed by atoms with Gasteiger partial charge in [-0.25, -0.2) is 0 Å². The van der Waals surface area contributed by atoms with Crippen LogP contribution in [0.15, 0.2) is 14.8 Å². The van der Waals surface area contributed by atoms with E-state index in [0.29, 0.717) is 0 Å². The molecule has 11 heavy (non-hydrogen) atoms. The van der Waals surface area contributed by atoms with Crippen molar-refractivity contribution in [2.75, 3.05) is 14.1 Å². The Labute approximate surface area is 74.8 Å². The quantitative estimate of drug-likeness (QED) is 0.541. The molecule has 0 rings (SSSR count). The van der Waals surface area contributed by atoms with Crippen LogP contribution in [-0.2, 0) is 10.0 Å². The van der Waals surface area contributed by atoms with Gasteiger partial charge in [0.2, 0.25) is 0 Å².